The third kappa shape index (κ3) is 3.49. The van der Waals surface area contributed by atoms with Gasteiger partial charge < -0.3 is 23.9 Å². The minimum absolute atomic E-state index is 0.0404. The quantitative estimate of drug-likeness (QED) is 0.833. The van der Waals surface area contributed by atoms with Gasteiger partial charge in [0.05, 0.1) is 20.3 Å². The van der Waals surface area contributed by atoms with Gasteiger partial charge in [0.2, 0.25) is 0 Å². The van der Waals surface area contributed by atoms with E-state index in [1.54, 1.807) is 32.1 Å². The van der Waals surface area contributed by atoms with Crippen molar-refractivity contribution in [1.82, 2.24) is 4.90 Å². The van der Waals surface area contributed by atoms with Gasteiger partial charge in [-0.05, 0) is 25.0 Å². The zero-order valence-corrected chi connectivity index (χ0v) is 15.7. The molecule has 0 aliphatic carbocycles. The Balaban J connectivity index is 1.93. The minimum Gasteiger partial charge on any atom is -0.497 e. The molecule has 0 saturated carbocycles. The molecule has 1 amide bonds. The fourth-order valence-corrected chi connectivity index (χ4v) is 3.55. The second-order valence-electron chi connectivity index (χ2n) is 6.37. The highest BCUT2D eigenvalue weighted by Gasteiger charge is 2.34. The maximum Gasteiger partial charge on any atom is 0.339 e. The van der Waals surface area contributed by atoms with Crippen LogP contribution in [-0.4, -0.2) is 42.6 Å². The van der Waals surface area contributed by atoms with Crippen LogP contribution in [0.25, 0.3) is 0 Å². The number of ether oxygens (including phenoxy) is 2. The molecule has 1 aromatic heterocycles. The Bertz CT molecular complexity index is 856. The molecule has 1 saturated heterocycles. The van der Waals surface area contributed by atoms with Gasteiger partial charge >= 0.3 is 5.97 Å². The van der Waals surface area contributed by atoms with E-state index in [-0.39, 0.29) is 23.3 Å². The van der Waals surface area contributed by atoms with Crippen LogP contribution in [0, 0.1) is 0 Å². The van der Waals surface area contributed by atoms with Gasteiger partial charge in [-0.1, -0.05) is 6.92 Å². The third-order valence-electron chi connectivity index (χ3n) is 4.88. The first-order valence-electron chi connectivity index (χ1n) is 8.89. The van der Waals surface area contributed by atoms with Crippen molar-refractivity contribution in [3.05, 3.63) is 46.9 Å². The Hall–Kier alpha value is -2.96. The lowest BCUT2D eigenvalue weighted by Crippen LogP contribution is -2.30. The number of likely N-dealkylation sites (tertiary alicyclic amines) is 1. The van der Waals surface area contributed by atoms with Gasteiger partial charge in [0.1, 0.15) is 22.8 Å². The zero-order valence-electron chi connectivity index (χ0n) is 15.7. The Kier molecular flexibility index (Phi) is 5.39. The summed E-state index contributed by atoms with van der Waals surface area (Å²) in [7, 11) is 3.17. The second-order valence-corrected chi connectivity index (χ2v) is 6.37. The van der Waals surface area contributed by atoms with Crippen LogP contribution < -0.4 is 9.47 Å². The van der Waals surface area contributed by atoms with Crippen molar-refractivity contribution in [2.75, 3.05) is 20.8 Å². The third-order valence-corrected chi connectivity index (χ3v) is 4.88. The van der Waals surface area contributed by atoms with E-state index in [4.69, 9.17) is 13.9 Å². The Morgan fingerprint density at radius 2 is 2.04 bits per heavy atom. The molecule has 3 rings (SSSR count). The highest BCUT2D eigenvalue weighted by molar-refractivity contribution is 5.96. The maximum absolute atomic E-state index is 13.0. The number of hydrogen-bond acceptors (Lipinski definition) is 5. The monoisotopic (exact) mass is 373 g/mol. The summed E-state index contributed by atoms with van der Waals surface area (Å²) in [5.74, 6) is 0.296. The minimum atomic E-state index is -1.09. The summed E-state index contributed by atoms with van der Waals surface area (Å²) in [4.78, 5) is 26.1. The lowest BCUT2D eigenvalue weighted by atomic mass is 10.0. The molecule has 2 aromatic rings. The van der Waals surface area contributed by atoms with Crippen molar-refractivity contribution in [3.8, 4) is 11.5 Å². The molecule has 1 atom stereocenters. The Morgan fingerprint density at radius 3 is 2.63 bits per heavy atom. The van der Waals surface area contributed by atoms with E-state index in [1.165, 1.54) is 6.07 Å². The summed E-state index contributed by atoms with van der Waals surface area (Å²) in [6.45, 7) is 2.36. The van der Waals surface area contributed by atoms with E-state index in [1.807, 2.05) is 12.1 Å². The molecule has 1 aromatic carbocycles. The van der Waals surface area contributed by atoms with Crippen LogP contribution >= 0.6 is 0 Å². The molecular weight excluding hydrogens is 350 g/mol. The number of carbonyl (C=O) groups excluding carboxylic acids is 1. The van der Waals surface area contributed by atoms with E-state index in [0.29, 0.717) is 30.2 Å². The summed E-state index contributed by atoms with van der Waals surface area (Å²) in [6, 6.07) is 6.69. The lowest BCUT2D eigenvalue weighted by Gasteiger charge is -2.25. The smallest absolute Gasteiger partial charge is 0.339 e. The summed E-state index contributed by atoms with van der Waals surface area (Å²) in [6.07, 6.45) is 2.05. The molecule has 0 spiro atoms. The Labute approximate surface area is 157 Å². The molecular formula is C20H23NO6. The second kappa shape index (κ2) is 7.73. The highest BCUT2D eigenvalue weighted by atomic mass is 16.5. The predicted molar refractivity (Wildman–Crippen MR) is 97.6 cm³/mol. The van der Waals surface area contributed by atoms with Crippen LogP contribution in [0.4, 0.5) is 0 Å². The van der Waals surface area contributed by atoms with Crippen molar-refractivity contribution in [2.45, 2.75) is 32.2 Å². The molecule has 1 fully saturated rings. The number of aryl methyl sites for hydroxylation is 1. The number of nitrogens with zero attached hydrogens (tertiary/aromatic N) is 1. The van der Waals surface area contributed by atoms with Gasteiger partial charge in [-0.2, -0.15) is 0 Å². The average Bonchev–Trinajstić information content (AvgIpc) is 3.33. The van der Waals surface area contributed by atoms with Crippen LogP contribution in [0.3, 0.4) is 0 Å². The van der Waals surface area contributed by atoms with Crippen molar-refractivity contribution < 1.29 is 28.6 Å². The van der Waals surface area contributed by atoms with Crippen molar-refractivity contribution in [3.63, 3.8) is 0 Å². The molecule has 1 aliphatic rings. The van der Waals surface area contributed by atoms with Gasteiger partial charge in [0, 0.05) is 30.7 Å². The summed E-state index contributed by atoms with van der Waals surface area (Å²) < 4.78 is 16.3. The molecule has 1 N–H and O–H groups in total. The molecule has 144 valence electrons. The molecule has 7 nitrogen and oxygen atoms in total. The van der Waals surface area contributed by atoms with Crippen molar-refractivity contribution in [2.24, 2.45) is 0 Å². The number of hydrogen-bond donors (Lipinski definition) is 1. The van der Waals surface area contributed by atoms with Crippen LogP contribution in [-0.2, 0) is 6.42 Å². The number of methoxy groups -OCH3 is 2. The van der Waals surface area contributed by atoms with Gasteiger partial charge in [-0.15, -0.1) is 0 Å². The van der Waals surface area contributed by atoms with E-state index < -0.39 is 5.97 Å². The lowest BCUT2D eigenvalue weighted by molar-refractivity contribution is 0.0686. The first-order chi connectivity index (χ1) is 13.0. The molecule has 7 heteroatoms. The molecule has 2 heterocycles. The topological polar surface area (TPSA) is 89.2 Å². The van der Waals surface area contributed by atoms with Crippen LogP contribution in [0.2, 0.25) is 0 Å². The fourth-order valence-electron chi connectivity index (χ4n) is 3.55. The van der Waals surface area contributed by atoms with Gasteiger partial charge in [-0.25, -0.2) is 4.79 Å². The van der Waals surface area contributed by atoms with Crippen LogP contribution in [0.15, 0.2) is 28.7 Å². The first-order valence-corrected chi connectivity index (χ1v) is 8.89. The fraction of sp³-hybridized carbons (Fsp3) is 0.400. The number of carboxylic acids is 1. The Morgan fingerprint density at radius 1 is 1.26 bits per heavy atom. The molecule has 27 heavy (non-hydrogen) atoms. The normalized spacial score (nSPS) is 16.4. The summed E-state index contributed by atoms with van der Waals surface area (Å²) in [5, 5.41) is 9.29. The van der Waals surface area contributed by atoms with Crippen molar-refractivity contribution >= 4 is 11.9 Å². The number of benzene rings is 1. The number of amides is 1. The highest BCUT2D eigenvalue weighted by Crippen LogP contribution is 2.39. The summed E-state index contributed by atoms with van der Waals surface area (Å²) >= 11 is 0. The average molecular weight is 373 g/mol. The van der Waals surface area contributed by atoms with Gasteiger partial charge in [0.15, 0.2) is 5.76 Å². The first kappa shape index (κ1) is 18.8. The zero-order chi connectivity index (χ0) is 19.6. The number of aromatic carboxylic acids is 1. The predicted octanol–water partition coefficient (Wildman–Crippen LogP) is 3.53. The van der Waals surface area contributed by atoms with E-state index in [9.17, 15) is 14.7 Å². The van der Waals surface area contributed by atoms with E-state index in [0.717, 1.165) is 18.4 Å². The maximum atomic E-state index is 13.0. The molecule has 1 aliphatic heterocycles. The standard InChI is InChI=1S/C20H23NO6/c1-4-16-14(20(23)24)11-18(27-16)19(22)21-9-5-6-15(21)13-8-7-12(25-2)10-17(13)26-3/h7-8,10-11,15H,4-6,9H2,1-3H3,(H,23,24). The van der Waals surface area contributed by atoms with E-state index in [2.05, 4.69) is 0 Å². The number of furan rings is 1. The summed E-state index contributed by atoms with van der Waals surface area (Å²) in [5.41, 5.74) is 0.934. The van der Waals surface area contributed by atoms with Gasteiger partial charge in [0.25, 0.3) is 5.91 Å². The van der Waals surface area contributed by atoms with Gasteiger partial charge in [-0.3, -0.25) is 4.79 Å². The number of rotatable bonds is 6. The SMILES string of the molecule is CCc1oc(C(=O)N2CCCC2c2ccc(OC)cc2OC)cc1C(=O)O. The molecule has 1 unspecified atom stereocenters. The van der Waals surface area contributed by atoms with Crippen LogP contribution in [0.1, 0.15) is 58.0 Å². The van der Waals surface area contributed by atoms with Crippen LogP contribution in [0.5, 0.6) is 11.5 Å². The molecule has 0 radical (unpaired) electrons. The number of carbonyl (C=O) groups is 2. The van der Waals surface area contributed by atoms with E-state index >= 15 is 0 Å². The van der Waals surface area contributed by atoms with Crippen molar-refractivity contribution in [1.29, 1.82) is 0 Å². The largest absolute Gasteiger partial charge is 0.497 e. The molecule has 0 bridgehead atoms. The number of carboxylic acid groups (broad SMARTS) is 1.